The van der Waals surface area contributed by atoms with Crippen LogP contribution in [0.15, 0.2) is 11.8 Å². The zero-order valence-electron chi connectivity index (χ0n) is 8.83. The summed E-state index contributed by atoms with van der Waals surface area (Å²) in [5.74, 6) is 3.00. The van der Waals surface area contributed by atoms with Crippen LogP contribution in [0.1, 0.15) is 25.7 Å². The van der Waals surface area contributed by atoms with Crippen LogP contribution in [-0.2, 0) is 4.74 Å². The van der Waals surface area contributed by atoms with Crippen molar-refractivity contribution in [2.45, 2.75) is 31.7 Å². The molecule has 1 heterocycles. The van der Waals surface area contributed by atoms with E-state index in [9.17, 15) is 0 Å². The van der Waals surface area contributed by atoms with Crippen LogP contribution in [0.3, 0.4) is 0 Å². The molecule has 14 heavy (non-hydrogen) atoms. The molecule has 3 unspecified atom stereocenters. The van der Waals surface area contributed by atoms with Gasteiger partial charge in [-0.15, -0.1) is 0 Å². The molecular formula is C12H19NO. The summed E-state index contributed by atoms with van der Waals surface area (Å²) in [6.45, 7) is 0.898. The molecule has 0 amide bonds. The monoisotopic (exact) mass is 193 g/mol. The third-order valence-corrected chi connectivity index (χ3v) is 4.31. The number of hydrogen-bond acceptors (Lipinski definition) is 2. The fourth-order valence-corrected chi connectivity index (χ4v) is 3.63. The largest absolute Gasteiger partial charge is 0.501 e. The molecule has 2 aliphatic carbocycles. The second kappa shape index (κ2) is 3.27. The molecule has 2 fully saturated rings. The Bertz CT molecular complexity index is 251. The zero-order valence-corrected chi connectivity index (χ0v) is 8.83. The van der Waals surface area contributed by atoms with Crippen LogP contribution >= 0.6 is 0 Å². The molecule has 0 aromatic carbocycles. The number of rotatable bonds is 3. The van der Waals surface area contributed by atoms with Gasteiger partial charge < -0.3 is 10.1 Å². The van der Waals surface area contributed by atoms with Gasteiger partial charge in [0.2, 0.25) is 0 Å². The van der Waals surface area contributed by atoms with Crippen LogP contribution in [0.4, 0.5) is 0 Å². The Hall–Kier alpha value is -0.500. The van der Waals surface area contributed by atoms with Crippen molar-refractivity contribution >= 4 is 0 Å². The molecule has 0 bridgehead atoms. The Balaban J connectivity index is 1.70. The molecule has 0 saturated heterocycles. The molecule has 78 valence electrons. The highest BCUT2D eigenvalue weighted by Crippen LogP contribution is 2.60. The van der Waals surface area contributed by atoms with Gasteiger partial charge in [0.1, 0.15) is 0 Å². The fraction of sp³-hybridized carbons (Fsp3) is 0.833. The predicted octanol–water partition coefficient (Wildman–Crippen LogP) is 1.92. The average molecular weight is 193 g/mol. The molecule has 3 atom stereocenters. The molecule has 2 saturated carbocycles. The lowest BCUT2D eigenvalue weighted by molar-refractivity contribution is 0.281. The van der Waals surface area contributed by atoms with Crippen molar-refractivity contribution in [1.29, 1.82) is 0 Å². The summed E-state index contributed by atoms with van der Waals surface area (Å²) < 4.78 is 5.34. The van der Waals surface area contributed by atoms with Gasteiger partial charge >= 0.3 is 0 Å². The minimum absolute atomic E-state index is 0.618. The molecule has 0 radical (unpaired) electrons. The maximum atomic E-state index is 5.34. The summed E-state index contributed by atoms with van der Waals surface area (Å²) in [7, 11) is 2.10. The lowest BCUT2D eigenvalue weighted by Gasteiger charge is -2.18. The average Bonchev–Trinajstić information content (AvgIpc) is 2.67. The van der Waals surface area contributed by atoms with E-state index < -0.39 is 0 Å². The van der Waals surface area contributed by atoms with Crippen LogP contribution in [0.2, 0.25) is 0 Å². The summed E-state index contributed by atoms with van der Waals surface area (Å²) in [5, 5.41) is 3.49. The molecule has 0 aromatic heterocycles. The number of likely N-dealkylation sites (N-methyl/N-ethyl adjacent to an activating group) is 1. The highest BCUT2D eigenvalue weighted by molar-refractivity contribution is 5.20. The van der Waals surface area contributed by atoms with Crippen molar-refractivity contribution in [3.05, 3.63) is 11.8 Å². The summed E-state index contributed by atoms with van der Waals surface area (Å²) in [6.07, 6.45) is 7.55. The van der Waals surface area contributed by atoms with Gasteiger partial charge in [0, 0.05) is 12.5 Å². The van der Waals surface area contributed by atoms with Gasteiger partial charge in [-0.3, -0.25) is 0 Å². The maximum absolute atomic E-state index is 5.34. The summed E-state index contributed by atoms with van der Waals surface area (Å²) in [5.41, 5.74) is 1.51. The van der Waals surface area contributed by atoms with Gasteiger partial charge in [-0.2, -0.15) is 0 Å². The standard InChI is InChI=1S/C12H19NO/c1-13-12(8-5-6-14-7-8)11-9-3-2-4-10(9)11/h7,9-13H,2-6H2,1H3. The molecule has 1 N–H and O–H groups in total. The molecule has 3 rings (SSSR count). The van der Waals surface area contributed by atoms with Gasteiger partial charge in [-0.25, -0.2) is 0 Å². The van der Waals surface area contributed by atoms with E-state index in [0.717, 1.165) is 30.8 Å². The van der Waals surface area contributed by atoms with Crippen LogP contribution in [-0.4, -0.2) is 19.7 Å². The van der Waals surface area contributed by atoms with E-state index in [1.165, 1.54) is 24.8 Å². The van der Waals surface area contributed by atoms with Gasteiger partial charge in [0.15, 0.2) is 0 Å². The molecule has 1 aliphatic heterocycles. The normalized spacial score (nSPS) is 41.5. The van der Waals surface area contributed by atoms with Crippen molar-refractivity contribution in [3.8, 4) is 0 Å². The van der Waals surface area contributed by atoms with Gasteiger partial charge in [-0.1, -0.05) is 6.42 Å². The SMILES string of the molecule is CNC(C1=COCC1)C1C2CCCC21. The Morgan fingerprint density at radius 3 is 2.79 bits per heavy atom. The topological polar surface area (TPSA) is 21.3 Å². The van der Waals surface area contributed by atoms with Crippen molar-refractivity contribution < 1.29 is 4.74 Å². The van der Waals surface area contributed by atoms with E-state index in [-0.39, 0.29) is 0 Å². The van der Waals surface area contributed by atoms with Gasteiger partial charge in [0.05, 0.1) is 12.9 Å². The highest BCUT2D eigenvalue weighted by Gasteiger charge is 2.56. The second-order valence-electron chi connectivity index (χ2n) is 4.92. The number of fused-ring (bicyclic) bond motifs is 1. The quantitative estimate of drug-likeness (QED) is 0.739. The number of hydrogen-bond donors (Lipinski definition) is 1. The Morgan fingerprint density at radius 1 is 1.43 bits per heavy atom. The van der Waals surface area contributed by atoms with Gasteiger partial charge in [-0.05, 0) is 43.2 Å². The first kappa shape index (κ1) is 8.78. The second-order valence-corrected chi connectivity index (χ2v) is 4.92. The molecule has 0 spiro atoms. The van der Waals surface area contributed by atoms with Crippen molar-refractivity contribution in [1.82, 2.24) is 5.32 Å². The third-order valence-electron chi connectivity index (χ3n) is 4.31. The van der Waals surface area contributed by atoms with E-state index >= 15 is 0 Å². The molecule has 0 aromatic rings. The van der Waals surface area contributed by atoms with E-state index in [1.54, 1.807) is 0 Å². The molecule has 3 aliphatic rings. The van der Waals surface area contributed by atoms with Crippen LogP contribution in [0.5, 0.6) is 0 Å². The van der Waals surface area contributed by atoms with E-state index in [1.807, 2.05) is 6.26 Å². The van der Waals surface area contributed by atoms with E-state index in [2.05, 4.69) is 12.4 Å². The Morgan fingerprint density at radius 2 is 2.21 bits per heavy atom. The van der Waals surface area contributed by atoms with Crippen molar-refractivity contribution in [2.75, 3.05) is 13.7 Å². The molecule has 2 nitrogen and oxygen atoms in total. The number of nitrogens with one attached hydrogen (secondary N) is 1. The van der Waals surface area contributed by atoms with Crippen LogP contribution < -0.4 is 5.32 Å². The lowest BCUT2D eigenvalue weighted by atomic mass is 9.96. The first-order valence-electron chi connectivity index (χ1n) is 5.89. The maximum Gasteiger partial charge on any atom is 0.0912 e. The molecular weight excluding hydrogens is 174 g/mol. The Labute approximate surface area is 85.7 Å². The highest BCUT2D eigenvalue weighted by atomic mass is 16.5. The molecule has 2 heteroatoms. The van der Waals surface area contributed by atoms with E-state index in [0.29, 0.717) is 6.04 Å². The minimum Gasteiger partial charge on any atom is -0.501 e. The Kier molecular flexibility index (Phi) is 2.05. The fourth-order valence-electron chi connectivity index (χ4n) is 3.63. The smallest absolute Gasteiger partial charge is 0.0912 e. The van der Waals surface area contributed by atoms with Crippen LogP contribution in [0, 0.1) is 17.8 Å². The van der Waals surface area contributed by atoms with Gasteiger partial charge in [0.25, 0.3) is 0 Å². The summed E-state index contributed by atoms with van der Waals surface area (Å²) in [4.78, 5) is 0. The van der Waals surface area contributed by atoms with Crippen molar-refractivity contribution in [3.63, 3.8) is 0 Å². The number of ether oxygens (including phenoxy) is 1. The van der Waals surface area contributed by atoms with E-state index in [4.69, 9.17) is 4.74 Å². The summed E-state index contributed by atoms with van der Waals surface area (Å²) >= 11 is 0. The third kappa shape index (κ3) is 1.20. The first-order chi connectivity index (χ1) is 6.92. The predicted molar refractivity (Wildman–Crippen MR) is 55.8 cm³/mol. The zero-order chi connectivity index (χ0) is 9.54. The first-order valence-corrected chi connectivity index (χ1v) is 5.89. The lowest BCUT2D eigenvalue weighted by Crippen LogP contribution is -2.31. The van der Waals surface area contributed by atoms with Crippen molar-refractivity contribution in [2.24, 2.45) is 17.8 Å². The van der Waals surface area contributed by atoms with Crippen LogP contribution in [0.25, 0.3) is 0 Å². The summed E-state index contributed by atoms with van der Waals surface area (Å²) in [6, 6.07) is 0.618. The minimum atomic E-state index is 0.618.